The zero-order valence-electron chi connectivity index (χ0n) is 21.1. The molecule has 202 valence electrons. The second-order valence-corrected chi connectivity index (χ2v) is 12.5. The van der Waals surface area contributed by atoms with E-state index in [0.717, 1.165) is 35.3 Å². The standard InChI is InChI=1S/C26H30N4O6S2/c1-3-11-38(35,36)24(25(34)27-14-22(32)28-18-8-9-18)26-29-20-10-7-17(13-21(20)37-26)16-5-4-6-19(12-16)30(2)23(33)15-31/h4-7,10,12-13,18,24,31H,3,8-9,11,14-15H2,1-2H3,(H,27,34)(H,28,32). The number of carbonyl (C=O) groups is 3. The quantitative estimate of drug-likeness (QED) is 0.327. The number of likely N-dealkylation sites (N-methyl/N-ethyl adjacent to an activating group) is 1. The first-order valence-corrected chi connectivity index (χ1v) is 14.8. The summed E-state index contributed by atoms with van der Waals surface area (Å²) in [5.41, 5.74) is 2.79. The van der Waals surface area contributed by atoms with E-state index >= 15 is 0 Å². The number of thiazole rings is 1. The van der Waals surface area contributed by atoms with Crippen molar-refractivity contribution in [3.63, 3.8) is 0 Å². The predicted octanol–water partition coefficient (Wildman–Crippen LogP) is 2.18. The minimum Gasteiger partial charge on any atom is -0.387 e. The minimum absolute atomic E-state index is 0.133. The van der Waals surface area contributed by atoms with E-state index < -0.39 is 33.5 Å². The van der Waals surface area contributed by atoms with E-state index in [-0.39, 0.29) is 29.3 Å². The Kier molecular flexibility index (Phi) is 8.44. The Balaban J connectivity index is 1.63. The third kappa shape index (κ3) is 6.37. The Bertz CT molecular complexity index is 1470. The molecule has 1 atom stereocenters. The van der Waals surface area contributed by atoms with Gasteiger partial charge in [-0.25, -0.2) is 13.4 Å². The van der Waals surface area contributed by atoms with E-state index in [0.29, 0.717) is 22.3 Å². The Morgan fingerprint density at radius 3 is 2.58 bits per heavy atom. The molecule has 1 aliphatic rings. The summed E-state index contributed by atoms with van der Waals surface area (Å²) in [4.78, 5) is 42.8. The fourth-order valence-electron chi connectivity index (χ4n) is 3.98. The van der Waals surface area contributed by atoms with Gasteiger partial charge in [0.05, 0.1) is 22.5 Å². The van der Waals surface area contributed by atoms with Crippen LogP contribution in [0, 0.1) is 0 Å². The first kappa shape index (κ1) is 27.7. The number of rotatable bonds is 11. The number of aliphatic hydroxyl groups excluding tert-OH is 1. The van der Waals surface area contributed by atoms with Crippen LogP contribution in [0.1, 0.15) is 36.4 Å². The van der Waals surface area contributed by atoms with Crippen LogP contribution in [-0.4, -0.2) is 68.2 Å². The normalized spacial score (nSPS) is 14.2. The van der Waals surface area contributed by atoms with Crippen LogP contribution in [0.5, 0.6) is 0 Å². The average Bonchev–Trinajstić information content (AvgIpc) is 3.61. The van der Waals surface area contributed by atoms with Crippen LogP contribution in [0.15, 0.2) is 42.5 Å². The summed E-state index contributed by atoms with van der Waals surface area (Å²) in [5.74, 6) is -1.75. The molecular weight excluding hydrogens is 528 g/mol. The van der Waals surface area contributed by atoms with Crippen LogP contribution in [0.25, 0.3) is 21.3 Å². The molecule has 3 aromatic rings. The topological polar surface area (TPSA) is 146 Å². The molecule has 1 fully saturated rings. The molecule has 0 spiro atoms. The van der Waals surface area contributed by atoms with Gasteiger partial charge in [0.15, 0.2) is 15.1 Å². The lowest BCUT2D eigenvalue weighted by atomic mass is 10.0. The maximum Gasteiger partial charge on any atom is 0.252 e. The highest BCUT2D eigenvalue weighted by Crippen LogP contribution is 2.35. The van der Waals surface area contributed by atoms with Crippen molar-refractivity contribution in [2.24, 2.45) is 0 Å². The van der Waals surface area contributed by atoms with Crippen molar-refractivity contribution in [2.75, 3.05) is 30.9 Å². The number of carbonyl (C=O) groups excluding carboxylic acids is 3. The summed E-state index contributed by atoms with van der Waals surface area (Å²) in [6.45, 7) is 0.823. The van der Waals surface area contributed by atoms with Gasteiger partial charge in [0, 0.05) is 18.8 Å². The number of anilines is 1. The number of benzene rings is 2. The molecule has 3 amide bonds. The van der Waals surface area contributed by atoms with Gasteiger partial charge >= 0.3 is 0 Å². The zero-order chi connectivity index (χ0) is 27.4. The van der Waals surface area contributed by atoms with E-state index in [1.54, 1.807) is 32.2 Å². The highest BCUT2D eigenvalue weighted by molar-refractivity contribution is 7.92. The fourth-order valence-corrected chi connectivity index (χ4v) is 7.12. The average molecular weight is 559 g/mol. The van der Waals surface area contributed by atoms with Gasteiger partial charge in [0.1, 0.15) is 11.6 Å². The van der Waals surface area contributed by atoms with E-state index in [2.05, 4.69) is 15.6 Å². The number of hydrogen-bond acceptors (Lipinski definition) is 8. The number of aliphatic hydroxyl groups is 1. The SMILES string of the molecule is CCCS(=O)(=O)C(C(=O)NCC(=O)NC1CC1)c1nc2ccc(-c3cccc(N(C)C(=O)CO)c3)cc2s1. The molecular formula is C26H30N4O6S2. The fraction of sp³-hybridized carbons (Fsp3) is 0.385. The lowest BCUT2D eigenvalue weighted by Crippen LogP contribution is -2.41. The molecule has 0 saturated heterocycles. The molecule has 1 heterocycles. The number of fused-ring (bicyclic) bond motifs is 1. The van der Waals surface area contributed by atoms with Gasteiger partial charge in [0.25, 0.3) is 5.91 Å². The number of nitrogens with one attached hydrogen (secondary N) is 2. The summed E-state index contributed by atoms with van der Waals surface area (Å²) < 4.78 is 26.9. The van der Waals surface area contributed by atoms with Crippen molar-refractivity contribution in [3.8, 4) is 11.1 Å². The van der Waals surface area contributed by atoms with E-state index in [9.17, 15) is 22.8 Å². The van der Waals surface area contributed by atoms with Gasteiger partial charge in [-0.15, -0.1) is 11.3 Å². The number of nitrogens with zero attached hydrogens (tertiary/aromatic N) is 2. The Morgan fingerprint density at radius 1 is 1.16 bits per heavy atom. The van der Waals surface area contributed by atoms with E-state index in [4.69, 9.17) is 5.11 Å². The summed E-state index contributed by atoms with van der Waals surface area (Å²) in [6.07, 6.45) is 2.15. The second kappa shape index (κ2) is 11.6. The lowest BCUT2D eigenvalue weighted by molar-refractivity contribution is -0.126. The van der Waals surface area contributed by atoms with Gasteiger partial charge < -0.3 is 20.6 Å². The molecule has 38 heavy (non-hydrogen) atoms. The number of hydrogen-bond donors (Lipinski definition) is 3. The van der Waals surface area contributed by atoms with Crippen LogP contribution in [0.2, 0.25) is 0 Å². The van der Waals surface area contributed by atoms with Crippen LogP contribution in [0.4, 0.5) is 5.69 Å². The second-order valence-electron chi connectivity index (χ2n) is 9.20. The molecule has 1 aliphatic carbocycles. The van der Waals surface area contributed by atoms with Gasteiger partial charge in [-0.05, 0) is 54.7 Å². The maximum atomic E-state index is 13.1. The number of sulfone groups is 1. The third-order valence-corrected chi connectivity index (χ3v) is 9.52. The van der Waals surface area contributed by atoms with Gasteiger partial charge in [-0.1, -0.05) is 25.1 Å². The van der Waals surface area contributed by atoms with Gasteiger partial charge in [-0.2, -0.15) is 0 Å². The molecule has 0 radical (unpaired) electrons. The van der Waals surface area contributed by atoms with Crippen molar-refractivity contribution < 1.29 is 27.9 Å². The molecule has 0 bridgehead atoms. The molecule has 1 saturated carbocycles. The Morgan fingerprint density at radius 2 is 1.89 bits per heavy atom. The monoisotopic (exact) mass is 558 g/mol. The largest absolute Gasteiger partial charge is 0.387 e. The smallest absolute Gasteiger partial charge is 0.252 e. The van der Waals surface area contributed by atoms with Gasteiger partial charge in [-0.3, -0.25) is 14.4 Å². The summed E-state index contributed by atoms with van der Waals surface area (Å²) >= 11 is 1.12. The van der Waals surface area contributed by atoms with Crippen LogP contribution < -0.4 is 15.5 Å². The molecule has 10 nitrogen and oxygen atoms in total. The summed E-state index contributed by atoms with van der Waals surface area (Å²) in [7, 11) is -2.30. The molecule has 4 rings (SSSR count). The zero-order valence-corrected chi connectivity index (χ0v) is 22.8. The molecule has 12 heteroatoms. The maximum absolute atomic E-state index is 13.1. The molecule has 1 unspecified atom stereocenters. The van der Waals surface area contributed by atoms with Crippen molar-refractivity contribution in [2.45, 2.75) is 37.5 Å². The van der Waals surface area contributed by atoms with Crippen LogP contribution >= 0.6 is 11.3 Å². The molecule has 2 aromatic carbocycles. The first-order valence-electron chi connectivity index (χ1n) is 12.3. The van der Waals surface area contributed by atoms with E-state index in [1.807, 2.05) is 24.3 Å². The molecule has 1 aromatic heterocycles. The summed E-state index contributed by atoms with van der Waals surface area (Å²) in [5, 5.41) is 13.0. The lowest BCUT2D eigenvalue weighted by Gasteiger charge is -2.17. The molecule has 3 N–H and O–H groups in total. The van der Waals surface area contributed by atoms with Crippen LogP contribution in [0.3, 0.4) is 0 Å². The molecule has 0 aliphatic heterocycles. The van der Waals surface area contributed by atoms with Crippen LogP contribution in [-0.2, 0) is 24.2 Å². The van der Waals surface area contributed by atoms with Crippen molar-refractivity contribution in [1.29, 1.82) is 0 Å². The third-order valence-electron chi connectivity index (χ3n) is 6.16. The van der Waals surface area contributed by atoms with E-state index in [1.165, 1.54) is 4.90 Å². The number of aromatic nitrogens is 1. The first-order chi connectivity index (χ1) is 18.1. The van der Waals surface area contributed by atoms with Crippen molar-refractivity contribution in [1.82, 2.24) is 15.6 Å². The van der Waals surface area contributed by atoms with Crippen molar-refractivity contribution in [3.05, 3.63) is 47.5 Å². The predicted molar refractivity (Wildman–Crippen MR) is 147 cm³/mol. The Hall–Kier alpha value is -3.35. The number of amides is 3. The Labute approximate surface area is 225 Å². The van der Waals surface area contributed by atoms with Crippen molar-refractivity contribution >= 4 is 54.8 Å². The highest BCUT2D eigenvalue weighted by Gasteiger charge is 2.36. The highest BCUT2D eigenvalue weighted by atomic mass is 32.2. The minimum atomic E-state index is -3.87. The summed E-state index contributed by atoms with van der Waals surface area (Å²) in [6, 6.07) is 12.8. The van der Waals surface area contributed by atoms with Gasteiger partial charge in [0.2, 0.25) is 11.8 Å².